The van der Waals surface area contributed by atoms with Crippen LogP contribution in [0.15, 0.2) is 16.6 Å². The molecule has 0 aliphatic carbocycles. The fraction of sp³-hybridized carbons (Fsp3) is 0.143. The van der Waals surface area contributed by atoms with Crippen LogP contribution in [-0.4, -0.2) is 0 Å². The topological polar surface area (TPSA) is 0 Å². The van der Waals surface area contributed by atoms with E-state index in [1.165, 1.54) is 12.1 Å². The van der Waals surface area contributed by atoms with Gasteiger partial charge in [-0.05, 0) is 22.0 Å². The lowest BCUT2D eigenvalue weighted by molar-refractivity contribution is 0.498. The molecule has 0 bridgehead atoms. The Hall–Kier alpha value is 0.0400. The number of alkyl halides is 1. The van der Waals surface area contributed by atoms with Gasteiger partial charge in [0.2, 0.25) is 0 Å². The molecule has 0 radical (unpaired) electrons. The van der Waals surface area contributed by atoms with Gasteiger partial charge in [0.05, 0.1) is 4.47 Å². The molecule has 0 atom stereocenters. The molecule has 1 rings (SSSR count). The van der Waals surface area contributed by atoms with E-state index in [1.54, 1.807) is 0 Å². The zero-order chi connectivity index (χ0) is 8.43. The van der Waals surface area contributed by atoms with E-state index in [4.69, 9.17) is 0 Å². The van der Waals surface area contributed by atoms with Crippen LogP contribution >= 0.6 is 31.9 Å². The van der Waals surface area contributed by atoms with Gasteiger partial charge in [-0.1, -0.05) is 22.0 Å². The van der Waals surface area contributed by atoms with Crippen molar-refractivity contribution in [3.63, 3.8) is 0 Å². The molecule has 0 spiro atoms. The Kier molecular flexibility index (Phi) is 3.01. The van der Waals surface area contributed by atoms with Crippen molar-refractivity contribution in [2.45, 2.75) is 5.33 Å². The van der Waals surface area contributed by atoms with Gasteiger partial charge >= 0.3 is 0 Å². The first-order valence-electron chi connectivity index (χ1n) is 2.85. The van der Waals surface area contributed by atoms with Crippen molar-refractivity contribution in [3.05, 3.63) is 33.8 Å². The lowest BCUT2D eigenvalue weighted by atomic mass is 10.2. The second kappa shape index (κ2) is 3.63. The number of hydrogen-bond acceptors (Lipinski definition) is 0. The summed E-state index contributed by atoms with van der Waals surface area (Å²) in [6, 6.07) is 3.01. The third kappa shape index (κ3) is 1.79. The van der Waals surface area contributed by atoms with Crippen LogP contribution in [0.25, 0.3) is 0 Å². The van der Waals surface area contributed by atoms with Crippen molar-refractivity contribution >= 4 is 31.9 Å². The standard InChI is InChI=1S/C7H4Br2F2/c8-3-4-1-2-5(9)7(11)6(4)10/h1-2H,3H2. The summed E-state index contributed by atoms with van der Waals surface area (Å²) in [7, 11) is 0. The molecule has 0 saturated carbocycles. The number of hydrogen-bond donors (Lipinski definition) is 0. The zero-order valence-corrected chi connectivity index (χ0v) is 8.55. The summed E-state index contributed by atoms with van der Waals surface area (Å²) >= 11 is 5.92. The van der Waals surface area contributed by atoms with Gasteiger partial charge in [-0.2, -0.15) is 0 Å². The molecule has 1 aromatic carbocycles. The lowest BCUT2D eigenvalue weighted by Crippen LogP contribution is -1.91. The molecule has 0 aliphatic rings. The lowest BCUT2D eigenvalue weighted by Gasteiger charge is -2.00. The average Bonchev–Trinajstić information content (AvgIpc) is 2.01. The summed E-state index contributed by atoms with van der Waals surface area (Å²) in [5.74, 6) is -1.63. The maximum Gasteiger partial charge on any atom is 0.173 e. The van der Waals surface area contributed by atoms with Gasteiger partial charge in [-0.15, -0.1) is 0 Å². The smallest absolute Gasteiger partial charge is 0.173 e. The van der Waals surface area contributed by atoms with Gasteiger partial charge in [0, 0.05) is 10.9 Å². The summed E-state index contributed by atoms with van der Waals surface area (Å²) in [5, 5.41) is 0.322. The van der Waals surface area contributed by atoms with Gasteiger partial charge in [-0.25, -0.2) is 8.78 Å². The Labute approximate surface area is 79.9 Å². The van der Waals surface area contributed by atoms with Crippen LogP contribution in [0.2, 0.25) is 0 Å². The van der Waals surface area contributed by atoms with Gasteiger partial charge in [0.1, 0.15) is 0 Å². The van der Waals surface area contributed by atoms with Gasteiger partial charge in [0.15, 0.2) is 11.6 Å². The van der Waals surface area contributed by atoms with Crippen LogP contribution < -0.4 is 0 Å². The van der Waals surface area contributed by atoms with Crippen LogP contribution in [0.5, 0.6) is 0 Å². The Balaban J connectivity index is 3.25. The van der Waals surface area contributed by atoms with Crippen molar-refractivity contribution in [1.29, 1.82) is 0 Å². The van der Waals surface area contributed by atoms with E-state index >= 15 is 0 Å². The Bertz CT molecular complexity index is 273. The number of halogens is 4. The van der Waals surface area contributed by atoms with Crippen LogP contribution in [0.3, 0.4) is 0 Å². The van der Waals surface area contributed by atoms with Crippen LogP contribution in [-0.2, 0) is 5.33 Å². The highest BCUT2D eigenvalue weighted by atomic mass is 79.9. The SMILES string of the molecule is Fc1c(Br)ccc(CBr)c1F. The first kappa shape index (κ1) is 9.13. The minimum Gasteiger partial charge on any atom is -0.203 e. The van der Waals surface area contributed by atoms with Gasteiger partial charge < -0.3 is 0 Å². The normalized spacial score (nSPS) is 10.2. The summed E-state index contributed by atoms with van der Waals surface area (Å²) in [4.78, 5) is 0. The van der Waals surface area contributed by atoms with Gasteiger partial charge in [0.25, 0.3) is 0 Å². The van der Waals surface area contributed by atoms with E-state index in [1.807, 2.05) is 0 Å². The maximum absolute atomic E-state index is 12.8. The quantitative estimate of drug-likeness (QED) is 0.546. The molecule has 0 N–H and O–H groups in total. The van der Waals surface area contributed by atoms with E-state index in [2.05, 4.69) is 31.9 Å². The van der Waals surface area contributed by atoms with Crippen molar-refractivity contribution in [3.8, 4) is 0 Å². The van der Waals surface area contributed by atoms with Crippen molar-refractivity contribution in [1.82, 2.24) is 0 Å². The number of rotatable bonds is 1. The predicted octanol–water partition coefficient (Wildman–Crippen LogP) is 3.62. The van der Waals surface area contributed by atoms with E-state index in [0.717, 1.165) is 0 Å². The van der Waals surface area contributed by atoms with Crippen LogP contribution in [0, 0.1) is 11.6 Å². The third-order valence-corrected chi connectivity index (χ3v) is 2.48. The highest BCUT2D eigenvalue weighted by Gasteiger charge is 2.09. The van der Waals surface area contributed by atoms with Crippen molar-refractivity contribution < 1.29 is 8.78 Å². The summed E-state index contributed by atoms with van der Waals surface area (Å²) in [6.07, 6.45) is 0. The monoisotopic (exact) mass is 284 g/mol. The molecule has 11 heavy (non-hydrogen) atoms. The second-order valence-corrected chi connectivity index (χ2v) is 3.38. The number of benzene rings is 1. The summed E-state index contributed by atoms with van der Waals surface area (Å²) in [6.45, 7) is 0. The summed E-state index contributed by atoms with van der Waals surface area (Å²) < 4.78 is 25.7. The molecule has 0 unspecified atom stereocenters. The van der Waals surface area contributed by atoms with E-state index in [9.17, 15) is 8.78 Å². The molecular formula is C7H4Br2F2. The fourth-order valence-electron chi connectivity index (χ4n) is 0.669. The first-order valence-corrected chi connectivity index (χ1v) is 4.76. The van der Waals surface area contributed by atoms with Crippen LogP contribution in [0.4, 0.5) is 8.78 Å². The average molecular weight is 286 g/mol. The molecule has 0 amide bonds. The third-order valence-electron chi connectivity index (χ3n) is 1.26. The molecule has 4 heteroatoms. The fourth-order valence-corrected chi connectivity index (χ4v) is 1.41. The molecule has 60 valence electrons. The molecule has 0 aliphatic heterocycles. The van der Waals surface area contributed by atoms with Crippen molar-refractivity contribution in [2.24, 2.45) is 0 Å². The molecule has 0 heterocycles. The van der Waals surface area contributed by atoms with E-state index < -0.39 is 11.6 Å². The summed E-state index contributed by atoms with van der Waals surface area (Å²) in [5.41, 5.74) is 0.325. The second-order valence-electron chi connectivity index (χ2n) is 1.97. The maximum atomic E-state index is 12.8. The Morgan fingerprint density at radius 2 is 1.82 bits per heavy atom. The van der Waals surface area contributed by atoms with E-state index in [-0.39, 0.29) is 4.47 Å². The largest absolute Gasteiger partial charge is 0.203 e. The molecule has 0 saturated heterocycles. The highest BCUT2D eigenvalue weighted by Crippen LogP contribution is 2.22. The molecule has 0 aromatic heterocycles. The minimum atomic E-state index is -0.832. The van der Waals surface area contributed by atoms with Crippen molar-refractivity contribution in [2.75, 3.05) is 0 Å². The highest BCUT2D eigenvalue weighted by molar-refractivity contribution is 9.10. The first-order chi connectivity index (χ1) is 5.16. The minimum absolute atomic E-state index is 0.153. The molecule has 0 fully saturated rings. The molecular weight excluding hydrogens is 282 g/mol. The zero-order valence-electron chi connectivity index (χ0n) is 5.37. The van der Waals surface area contributed by atoms with E-state index in [0.29, 0.717) is 10.9 Å². The Morgan fingerprint density at radius 3 is 2.36 bits per heavy atom. The van der Waals surface area contributed by atoms with Crippen LogP contribution in [0.1, 0.15) is 5.56 Å². The molecule has 1 aromatic rings. The Morgan fingerprint density at radius 1 is 1.18 bits per heavy atom. The predicted molar refractivity (Wildman–Crippen MR) is 46.7 cm³/mol. The van der Waals surface area contributed by atoms with Gasteiger partial charge in [-0.3, -0.25) is 0 Å². The molecule has 0 nitrogen and oxygen atoms in total.